The predicted molar refractivity (Wildman–Crippen MR) is 84.9 cm³/mol. The zero-order valence-electron chi connectivity index (χ0n) is 11.6. The van der Waals surface area contributed by atoms with E-state index in [0.717, 1.165) is 12.1 Å². The third-order valence-electron chi connectivity index (χ3n) is 3.30. The molecule has 3 rings (SSSR count). The van der Waals surface area contributed by atoms with Gasteiger partial charge in [0.15, 0.2) is 5.82 Å². The van der Waals surface area contributed by atoms with Gasteiger partial charge >= 0.3 is 0 Å². The molecule has 3 nitrogen and oxygen atoms in total. The van der Waals surface area contributed by atoms with Crippen molar-refractivity contribution >= 4 is 23.2 Å². The number of aliphatic hydroxyl groups excluding tert-OH is 1. The zero-order valence-corrected chi connectivity index (χ0v) is 13.1. The van der Waals surface area contributed by atoms with Crippen LogP contribution in [0.1, 0.15) is 5.56 Å². The smallest absolute Gasteiger partial charge is 0.151 e. The number of nitrogens with zero attached hydrogens (tertiary/aromatic N) is 2. The van der Waals surface area contributed by atoms with Gasteiger partial charge in [-0.25, -0.2) is 13.5 Å². The first-order chi connectivity index (χ1) is 11.0. The Hall–Kier alpha value is -1.95. The lowest BCUT2D eigenvalue weighted by atomic mass is 10.1. The summed E-state index contributed by atoms with van der Waals surface area (Å²) in [6, 6.07) is 8.03. The number of benzene rings is 2. The maximum atomic E-state index is 13.9. The van der Waals surface area contributed by atoms with Crippen molar-refractivity contribution in [1.29, 1.82) is 0 Å². The van der Waals surface area contributed by atoms with Gasteiger partial charge in [0, 0.05) is 28.4 Å². The molecule has 118 valence electrons. The van der Waals surface area contributed by atoms with Gasteiger partial charge in [-0.05, 0) is 30.3 Å². The summed E-state index contributed by atoms with van der Waals surface area (Å²) in [7, 11) is 0. The SMILES string of the molecule is OCc1cn(-c2ccc(F)cc2F)nc1-c1ccc(Cl)cc1Cl. The Bertz CT molecular complexity index is 881. The zero-order chi connectivity index (χ0) is 16.6. The molecule has 0 atom stereocenters. The van der Waals surface area contributed by atoms with E-state index < -0.39 is 11.6 Å². The number of rotatable bonds is 3. The highest BCUT2D eigenvalue weighted by atomic mass is 35.5. The molecule has 0 radical (unpaired) electrons. The Morgan fingerprint density at radius 2 is 1.87 bits per heavy atom. The van der Waals surface area contributed by atoms with Crippen LogP contribution in [-0.4, -0.2) is 14.9 Å². The molecule has 0 saturated carbocycles. The number of aromatic nitrogens is 2. The highest BCUT2D eigenvalue weighted by molar-refractivity contribution is 6.36. The lowest BCUT2D eigenvalue weighted by Crippen LogP contribution is -1.99. The fourth-order valence-electron chi connectivity index (χ4n) is 2.22. The molecule has 0 bridgehead atoms. The van der Waals surface area contributed by atoms with Crippen molar-refractivity contribution in [3.63, 3.8) is 0 Å². The summed E-state index contributed by atoms with van der Waals surface area (Å²) in [5.74, 6) is -1.44. The Morgan fingerprint density at radius 3 is 2.52 bits per heavy atom. The van der Waals surface area contributed by atoms with E-state index in [-0.39, 0.29) is 12.3 Å². The van der Waals surface area contributed by atoms with Gasteiger partial charge < -0.3 is 5.11 Å². The molecule has 0 fully saturated rings. The van der Waals surface area contributed by atoms with Crippen LogP contribution >= 0.6 is 23.2 Å². The van der Waals surface area contributed by atoms with Gasteiger partial charge in [0.05, 0.1) is 17.3 Å². The summed E-state index contributed by atoms with van der Waals surface area (Å²) in [5, 5.41) is 14.6. The molecule has 1 heterocycles. The molecule has 1 N–H and O–H groups in total. The van der Waals surface area contributed by atoms with E-state index >= 15 is 0 Å². The van der Waals surface area contributed by atoms with E-state index in [1.54, 1.807) is 18.2 Å². The third-order valence-corrected chi connectivity index (χ3v) is 3.85. The van der Waals surface area contributed by atoms with Gasteiger partial charge in [-0.15, -0.1) is 0 Å². The van der Waals surface area contributed by atoms with E-state index in [0.29, 0.717) is 26.9 Å². The average molecular weight is 355 g/mol. The molecule has 23 heavy (non-hydrogen) atoms. The Balaban J connectivity index is 2.14. The highest BCUT2D eigenvalue weighted by Gasteiger charge is 2.16. The van der Waals surface area contributed by atoms with Crippen LogP contribution in [0.5, 0.6) is 0 Å². The second-order valence-electron chi connectivity index (χ2n) is 4.83. The van der Waals surface area contributed by atoms with Gasteiger partial charge in [0.25, 0.3) is 0 Å². The summed E-state index contributed by atoms with van der Waals surface area (Å²) >= 11 is 12.0. The highest BCUT2D eigenvalue weighted by Crippen LogP contribution is 2.32. The van der Waals surface area contributed by atoms with Crippen molar-refractivity contribution < 1.29 is 13.9 Å². The van der Waals surface area contributed by atoms with E-state index in [1.165, 1.54) is 16.9 Å². The Kier molecular flexibility index (Phi) is 4.35. The van der Waals surface area contributed by atoms with Gasteiger partial charge in [-0.1, -0.05) is 23.2 Å². The molecule has 3 aromatic rings. The summed E-state index contributed by atoms with van der Waals surface area (Å²) in [6.45, 7) is -0.308. The molecule has 0 aliphatic rings. The topological polar surface area (TPSA) is 38.0 Å². The molecule has 1 aromatic heterocycles. The molecule has 0 unspecified atom stereocenters. The van der Waals surface area contributed by atoms with Gasteiger partial charge in [-0.2, -0.15) is 5.10 Å². The normalized spacial score (nSPS) is 11.0. The lowest BCUT2D eigenvalue weighted by Gasteiger charge is -2.04. The molecule has 0 spiro atoms. The van der Waals surface area contributed by atoms with Crippen LogP contribution < -0.4 is 0 Å². The second kappa shape index (κ2) is 6.28. The molecular formula is C16H10Cl2F2N2O. The van der Waals surface area contributed by atoms with Crippen LogP contribution in [0.15, 0.2) is 42.6 Å². The van der Waals surface area contributed by atoms with Crippen molar-refractivity contribution in [3.05, 3.63) is 69.8 Å². The van der Waals surface area contributed by atoms with E-state index in [2.05, 4.69) is 5.10 Å². The Morgan fingerprint density at radius 1 is 1.09 bits per heavy atom. The first-order valence-corrected chi connectivity index (χ1v) is 7.35. The number of halogens is 4. The lowest BCUT2D eigenvalue weighted by molar-refractivity contribution is 0.282. The minimum Gasteiger partial charge on any atom is -0.392 e. The minimum atomic E-state index is -0.759. The van der Waals surface area contributed by atoms with Crippen LogP contribution in [0.2, 0.25) is 10.0 Å². The second-order valence-corrected chi connectivity index (χ2v) is 5.67. The quantitative estimate of drug-likeness (QED) is 0.745. The van der Waals surface area contributed by atoms with Gasteiger partial charge in [0.1, 0.15) is 11.5 Å². The van der Waals surface area contributed by atoms with Crippen LogP contribution in [0.4, 0.5) is 8.78 Å². The van der Waals surface area contributed by atoms with E-state index in [1.807, 2.05) is 0 Å². The summed E-state index contributed by atoms with van der Waals surface area (Å²) in [4.78, 5) is 0. The number of aliphatic hydroxyl groups is 1. The van der Waals surface area contributed by atoms with Crippen molar-refractivity contribution in [2.45, 2.75) is 6.61 Å². The fourth-order valence-corrected chi connectivity index (χ4v) is 2.72. The molecule has 0 saturated heterocycles. The van der Waals surface area contributed by atoms with Crippen LogP contribution in [0.25, 0.3) is 16.9 Å². The summed E-state index contributed by atoms with van der Waals surface area (Å²) in [6.07, 6.45) is 1.47. The largest absolute Gasteiger partial charge is 0.392 e. The van der Waals surface area contributed by atoms with Crippen molar-refractivity contribution in [1.82, 2.24) is 9.78 Å². The van der Waals surface area contributed by atoms with Crippen molar-refractivity contribution in [3.8, 4) is 16.9 Å². The maximum absolute atomic E-state index is 13.9. The average Bonchev–Trinajstić information content (AvgIpc) is 2.91. The minimum absolute atomic E-state index is 0.0671. The summed E-state index contributed by atoms with van der Waals surface area (Å²) in [5.41, 5.74) is 1.48. The van der Waals surface area contributed by atoms with E-state index in [9.17, 15) is 13.9 Å². The Labute approximate surface area is 140 Å². The van der Waals surface area contributed by atoms with Crippen LogP contribution in [-0.2, 0) is 6.61 Å². The molecule has 0 amide bonds. The fraction of sp³-hybridized carbons (Fsp3) is 0.0625. The molecule has 0 aliphatic carbocycles. The van der Waals surface area contributed by atoms with Crippen LogP contribution in [0.3, 0.4) is 0 Å². The third kappa shape index (κ3) is 3.08. The summed E-state index contributed by atoms with van der Waals surface area (Å²) < 4.78 is 28.2. The standard InChI is InChI=1S/C16H10Cl2F2N2O/c17-10-1-3-12(13(18)5-10)16-9(8-23)7-22(21-16)15-4-2-11(19)6-14(15)20/h1-7,23H,8H2. The maximum Gasteiger partial charge on any atom is 0.151 e. The molecular weight excluding hydrogens is 345 g/mol. The van der Waals surface area contributed by atoms with E-state index in [4.69, 9.17) is 23.2 Å². The van der Waals surface area contributed by atoms with Crippen LogP contribution in [0, 0.1) is 11.6 Å². The molecule has 7 heteroatoms. The predicted octanol–water partition coefficient (Wildman–Crippen LogP) is 4.62. The van der Waals surface area contributed by atoms with Gasteiger partial charge in [0.2, 0.25) is 0 Å². The van der Waals surface area contributed by atoms with Crippen molar-refractivity contribution in [2.75, 3.05) is 0 Å². The van der Waals surface area contributed by atoms with Crippen molar-refractivity contribution in [2.24, 2.45) is 0 Å². The monoisotopic (exact) mass is 354 g/mol. The number of hydrogen-bond acceptors (Lipinski definition) is 2. The molecule has 2 aromatic carbocycles. The van der Waals surface area contributed by atoms with Gasteiger partial charge in [-0.3, -0.25) is 0 Å². The molecule has 0 aliphatic heterocycles. The first-order valence-electron chi connectivity index (χ1n) is 6.60. The number of hydrogen-bond donors (Lipinski definition) is 1. The first kappa shape index (κ1) is 15.9.